The summed E-state index contributed by atoms with van der Waals surface area (Å²) >= 11 is 0. The highest BCUT2D eigenvalue weighted by Crippen LogP contribution is 2.15. The van der Waals surface area contributed by atoms with Gasteiger partial charge in [0.1, 0.15) is 11.6 Å². The highest BCUT2D eigenvalue weighted by molar-refractivity contribution is 5.38. The molecule has 0 aliphatic carbocycles. The van der Waals surface area contributed by atoms with Crippen molar-refractivity contribution in [1.82, 2.24) is 9.88 Å². The van der Waals surface area contributed by atoms with Crippen molar-refractivity contribution in [3.63, 3.8) is 0 Å². The van der Waals surface area contributed by atoms with Crippen LogP contribution in [0, 0.1) is 5.82 Å². The van der Waals surface area contributed by atoms with Crippen LogP contribution in [0.4, 0.5) is 10.2 Å². The molecule has 0 saturated carbocycles. The van der Waals surface area contributed by atoms with E-state index in [2.05, 4.69) is 14.8 Å². The van der Waals surface area contributed by atoms with Gasteiger partial charge in [-0.1, -0.05) is 0 Å². The molecule has 1 aromatic heterocycles. The molecule has 0 amide bonds. The van der Waals surface area contributed by atoms with Crippen LogP contribution in [-0.2, 0) is 0 Å². The number of hydrogen-bond acceptors (Lipinski definition) is 4. The van der Waals surface area contributed by atoms with E-state index in [-0.39, 0.29) is 5.82 Å². The van der Waals surface area contributed by atoms with Crippen LogP contribution < -0.4 is 4.90 Å². The summed E-state index contributed by atoms with van der Waals surface area (Å²) in [5.74, 6) is 0.513. The quantitative estimate of drug-likeness (QED) is 0.876. The summed E-state index contributed by atoms with van der Waals surface area (Å²) < 4.78 is 12.8. The molecule has 18 heavy (non-hydrogen) atoms. The molecule has 1 fully saturated rings. The Hall–Kier alpha value is -1.20. The number of piperazine rings is 1. The van der Waals surface area contributed by atoms with Gasteiger partial charge < -0.3 is 10.0 Å². The van der Waals surface area contributed by atoms with Gasteiger partial charge in [0, 0.05) is 32.7 Å². The second kappa shape index (κ2) is 5.20. The Bertz CT molecular complexity index is 380. The predicted octanol–water partition coefficient (Wildman–Crippen LogP) is 1.11. The van der Waals surface area contributed by atoms with E-state index in [1.54, 1.807) is 6.07 Å². The van der Waals surface area contributed by atoms with Gasteiger partial charge in [0.25, 0.3) is 0 Å². The molecule has 0 bridgehead atoms. The standard InChI is InChI=1S/C13H20FN3O/c1-13(2,18)10-16-5-7-17(8-6-16)12-4-3-11(14)9-15-12/h3-4,9,18H,5-8,10H2,1-2H3. The molecule has 1 aliphatic heterocycles. The fourth-order valence-electron chi connectivity index (χ4n) is 2.24. The minimum Gasteiger partial charge on any atom is -0.389 e. The minimum atomic E-state index is -0.656. The molecule has 1 saturated heterocycles. The molecule has 4 nitrogen and oxygen atoms in total. The van der Waals surface area contributed by atoms with Gasteiger partial charge in [0.2, 0.25) is 0 Å². The van der Waals surface area contributed by atoms with Crippen molar-refractivity contribution < 1.29 is 9.50 Å². The molecule has 5 heteroatoms. The van der Waals surface area contributed by atoms with Crippen LogP contribution in [0.1, 0.15) is 13.8 Å². The summed E-state index contributed by atoms with van der Waals surface area (Å²) in [4.78, 5) is 8.46. The number of aliphatic hydroxyl groups is 1. The van der Waals surface area contributed by atoms with Crippen LogP contribution in [-0.4, -0.2) is 53.3 Å². The van der Waals surface area contributed by atoms with E-state index in [1.807, 2.05) is 13.8 Å². The molecule has 0 aromatic carbocycles. The Morgan fingerprint density at radius 3 is 2.44 bits per heavy atom. The van der Waals surface area contributed by atoms with Crippen LogP contribution >= 0.6 is 0 Å². The average molecular weight is 253 g/mol. The number of pyridine rings is 1. The van der Waals surface area contributed by atoms with Crippen LogP contribution in [0.3, 0.4) is 0 Å². The molecule has 1 aromatic rings. The molecule has 0 unspecified atom stereocenters. The summed E-state index contributed by atoms with van der Waals surface area (Å²) in [6.07, 6.45) is 1.25. The minimum absolute atomic E-state index is 0.306. The Balaban J connectivity index is 1.88. The van der Waals surface area contributed by atoms with Gasteiger partial charge in [-0.3, -0.25) is 4.90 Å². The van der Waals surface area contributed by atoms with E-state index in [0.29, 0.717) is 6.54 Å². The highest BCUT2D eigenvalue weighted by atomic mass is 19.1. The normalized spacial score (nSPS) is 18.1. The first-order valence-electron chi connectivity index (χ1n) is 6.25. The first-order valence-corrected chi connectivity index (χ1v) is 6.25. The summed E-state index contributed by atoms with van der Waals surface area (Å²) in [5, 5.41) is 9.77. The molecule has 2 rings (SSSR count). The zero-order valence-corrected chi connectivity index (χ0v) is 10.9. The lowest BCUT2D eigenvalue weighted by atomic mass is 10.1. The molecule has 0 spiro atoms. The average Bonchev–Trinajstić information content (AvgIpc) is 2.29. The fraction of sp³-hybridized carbons (Fsp3) is 0.615. The lowest BCUT2D eigenvalue weighted by molar-refractivity contribution is 0.0344. The zero-order valence-electron chi connectivity index (χ0n) is 10.9. The highest BCUT2D eigenvalue weighted by Gasteiger charge is 2.23. The second-order valence-corrected chi connectivity index (χ2v) is 5.41. The number of nitrogens with zero attached hydrogens (tertiary/aromatic N) is 3. The monoisotopic (exact) mass is 253 g/mol. The lowest BCUT2D eigenvalue weighted by Crippen LogP contribution is -2.50. The second-order valence-electron chi connectivity index (χ2n) is 5.41. The Kier molecular flexibility index (Phi) is 3.82. The van der Waals surface area contributed by atoms with Crippen LogP contribution in [0.5, 0.6) is 0 Å². The van der Waals surface area contributed by atoms with Gasteiger partial charge in [-0.25, -0.2) is 9.37 Å². The summed E-state index contributed by atoms with van der Waals surface area (Å²) in [7, 11) is 0. The molecular weight excluding hydrogens is 233 g/mol. The maximum Gasteiger partial charge on any atom is 0.141 e. The molecular formula is C13H20FN3O. The molecule has 0 radical (unpaired) electrons. The van der Waals surface area contributed by atoms with Gasteiger partial charge in [-0.15, -0.1) is 0 Å². The number of hydrogen-bond donors (Lipinski definition) is 1. The van der Waals surface area contributed by atoms with E-state index >= 15 is 0 Å². The van der Waals surface area contributed by atoms with Crippen molar-refractivity contribution >= 4 is 5.82 Å². The molecule has 1 aliphatic rings. The molecule has 0 atom stereocenters. The summed E-state index contributed by atoms with van der Waals surface area (Å²) in [6, 6.07) is 3.15. The topological polar surface area (TPSA) is 39.6 Å². The zero-order chi connectivity index (χ0) is 13.2. The molecule has 1 N–H and O–H groups in total. The number of halogens is 1. The summed E-state index contributed by atoms with van der Waals surface area (Å²) in [6.45, 7) is 7.81. The van der Waals surface area contributed by atoms with Gasteiger partial charge in [0.05, 0.1) is 11.8 Å². The number of anilines is 1. The van der Waals surface area contributed by atoms with Crippen molar-refractivity contribution in [2.45, 2.75) is 19.4 Å². The van der Waals surface area contributed by atoms with Gasteiger partial charge in [0.15, 0.2) is 0 Å². The molecule has 2 heterocycles. The van der Waals surface area contributed by atoms with E-state index < -0.39 is 5.60 Å². The number of aromatic nitrogens is 1. The van der Waals surface area contributed by atoms with E-state index in [9.17, 15) is 9.50 Å². The predicted molar refractivity (Wildman–Crippen MR) is 69.1 cm³/mol. The van der Waals surface area contributed by atoms with Gasteiger partial charge in [-0.2, -0.15) is 0 Å². The van der Waals surface area contributed by atoms with Crippen molar-refractivity contribution in [3.05, 3.63) is 24.1 Å². The van der Waals surface area contributed by atoms with E-state index in [4.69, 9.17) is 0 Å². The Morgan fingerprint density at radius 1 is 1.28 bits per heavy atom. The van der Waals surface area contributed by atoms with Gasteiger partial charge in [-0.05, 0) is 26.0 Å². The Morgan fingerprint density at radius 2 is 1.94 bits per heavy atom. The number of rotatable bonds is 3. The van der Waals surface area contributed by atoms with E-state index in [1.165, 1.54) is 12.3 Å². The fourth-order valence-corrected chi connectivity index (χ4v) is 2.24. The first kappa shape index (κ1) is 13.2. The van der Waals surface area contributed by atoms with Crippen molar-refractivity contribution in [2.24, 2.45) is 0 Å². The lowest BCUT2D eigenvalue weighted by Gasteiger charge is -2.37. The largest absolute Gasteiger partial charge is 0.389 e. The smallest absolute Gasteiger partial charge is 0.141 e. The Labute approximate surface area is 107 Å². The van der Waals surface area contributed by atoms with Crippen molar-refractivity contribution in [2.75, 3.05) is 37.6 Å². The first-order chi connectivity index (χ1) is 8.44. The van der Waals surface area contributed by atoms with Crippen LogP contribution in [0.2, 0.25) is 0 Å². The number of β-amino-alcohol motifs (C(OH)–C–C–N with tert-alkyl or cyclic N) is 1. The third-order valence-electron chi connectivity index (χ3n) is 3.02. The van der Waals surface area contributed by atoms with Crippen molar-refractivity contribution in [1.29, 1.82) is 0 Å². The third-order valence-corrected chi connectivity index (χ3v) is 3.02. The van der Waals surface area contributed by atoms with Crippen molar-refractivity contribution in [3.8, 4) is 0 Å². The van der Waals surface area contributed by atoms with E-state index in [0.717, 1.165) is 32.0 Å². The maximum atomic E-state index is 12.8. The third kappa shape index (κ3) is 3.65. The van der Waals surface area contributed by atoms with Crippen LogP contribution in [0.15, 0.2) is 18.3 Å². The maximum absolute atomic E-state index is 12.8. The SMILES string of the molecule is CC(C)(O)CN1CCN(c2ccc(F)cn2)CC1. The van der Waals surface area contributed by atoms with Gasteiger partial charge >= 0.3 is 0 Å². The van der Waals surface area contributed by atoms with Crippen LogP contribution in [0.25, 0.3) is 0 Å². The molecule has 100 valence electrons. The summed E-state index contributed by atoms with van der Waals surface area (Å²) in [5.41, 5.74) is -0.656.